The first-order valence-corrected chi connectivity index (χ1v) is 8.66. The van der Waals surface area contributed by atoms with Gasteiger partial charge in [-0.15, -0.1) is 0 Å². The van der Waals surface area contributed by atoms with E-state index in [4.69, 9.17) is 14.6 Å². The highest BCUT2D eigenvalue weighted by molar-refractivity contribution is 5.99. The Morgan fingerprint density at radius 1 is 1.19 bits per heavy atom. The summed E-state index contributed by atoms with van der Waals surface area (Å²) in [4.78, 5) is 37.7. The molecule has 8 heteroatoms. The molecule has 2 aliphatic rings. The molecule has 2 aliphatic heterocycles. The van der Waals surface area contributed by atoms with Crippen molar-refractivity contribution in [3.63, 3.8) is 0 Å². The van der Waals surface area contributed by atoms with Crippen LogP contribution in [0.4, 0.5) is 5.69 Å². The number of carboxylic acids is 1. The molecule has 1 aromatic carbocycles. The Morgan fingerprint density at radius 2 is 1.88 bits per heavy atom. The molecule has 2 saturated heterocycles. The highest BCUT2D eigenvalue weighted by Gasteiger charge is 2.35. The van der Waals surface area contributed by atoms with Gasteiger partial charge in [0.15, 0.2) is 6.10 Å². The lowest BCUT2D eigenvalue weighted by Gasteiger charge is -2.18. The zero-order chi connectivity index (χ0) is 18.7. The summed E-state index contributed by atoms with van der Waals surface area (Å²) in [6, 6.07) is 4.89. The van der Waals surface area contributed by atoms with Crippen molar-refractivity contribution in [3.05, 3.63) is 23.8 Å². The molecule has 0 bridgehead atoms. The van der Waals surface area contributed by atoms with Gasteiger partial charge in [-0.05, 0) is 43.9 Å². The Hall–Kier alpha value is -2.61. The van der Waals surface area contributed by atoms with Crippen LogP contribution in [0.2, 0.25) is 0 Å². The fourth-order valence-corrected chi connectivity index (χ4v) is 3.27. The highest BCUT2D eigenvalue weighted by atomic mass is 16.5. The molecular formula is C18H22N2O6. The van der Waals surface area contributed by atoms with Crippen molar-refractivity contribution in [1.29, 1.82) is 0 Å². The highest BCUT2D eigenvalue weighted by Crippen LogP contribution is 2.28. The number of amides is 2. The predicted molar refractivity (Wildman–Crippen MR) is 92.3 cm³/mol. The third kappa shape index (κ3) is 3.80. The number of methoxy groups -OCH3 is 1. The average Bonchev–Trinajstić information content (AvgIpc) is 3.32. The first-order chi connectivity index (χ1) is 12.5. The number of benzene rings is 1. The Morgan fingerprint density at radius 3 is 2.50 bits per heavy atom. The monoisotopic (exact) mass is 362 g/mol. The largest absolute Gasteiger partial charge is 0.495 e. The molecule has 140 valence electrons. The van der Waals surface area contributed by atoms with Gasteiger partial charge in [-0.25, -0.2) is 4.79 Å². The van der Waals surface area contributed by atoms with Crippen LogP contribution in [0.1, 0.15) is 36.0 Å². The predicted octanol–water partition coefficient (Wildman–Crippen LogP) is 1.50. The molecule has 0 spiro atoms. The van der Waals surface area contributed by atoms with E-state index < -0.39 is 24.1 Å². The van der Waals surface area contributed by atoms with E-state index in [-0.39, 0.29) is 12.3 Å². The lowest BCUT2D eigenvalue weighted by atomic mass is 10.1. The van der Waals surface area contributed by atoms with Crippen LogP contribution < -0.4 is 10.1 Å². The van der Waals surface area contributed by atoms with E-state index >= 15 is 0 Å². The first kappa shape index (κ1) is 18.2. The van der Waals surface area contributed by atoms with Crippen LogP contribution in [-0.2, 0) is 14.3 Å². The van der Waals surface area contributed by atoms with Crippen molar-refractivity contribution < 1.29 is 29.0 Å². The number of rotatable bonds is 5. The second-order valence-corrected chi connectivity index (χ2v) is 6.43. The molecule has 2 fully saturated rings. The number of hydrogen-bond donors (Lipinski definition) is 2. The fourth-order valence-electron chi connectivity index (χ4n) is 3.27. The molecule has 3 rings (SSSR count). The Kier molecular flexibility index (Phi) is 5.41. The van der Waals surface area contributed by atoms with E-state index in [1.54, 1.807) is 23.1 Å². The Balaban J connectivity index is 1.73. The van der Waals surface area contributed by atoms with Crippen molar-refractivity contribution in [2.24, 2.45) is 0 Å². The maximum absolute atomic E-state index is 12.5. The van der Waals surface area contributed by atoms with Gasteiger partial charge in [0.1, 0.15) is 11.9 Å². The third-order valence-electron chi connectivity index (χ3n) is 4.69. The van der Waals surface area contributed by atoms with Gasteiger partial charge in [-0.3, -0.25) is 9.59 Å². The normalized spacial score (nSPS) is 22.3. The number of anilines is 1. The molecular weight excluding hydrogens is 340 g/mol. The van der Waals surface area contributed by atoms with Crippen LogP contribution in [-0.4, -0.2) is 60.2 Å². The van der Waals surface area contributed by atoms with Crippen LogP contribution in [0, 0.1) is 0 Å². The summed E-state index contributed by atoms with van der Waals surface area (Å²) in [5.41, 5.74) is 0.837. The maximum atomic E-state index is 12.5. The van der Waals surface area contributed by atoms with Gasteiger partial charge in [0.05, 0.1) is 12.8 Å². The minimum absolute atomic E-state index is 0.0799. The summed E-state index contributed by atoms with van der Waals surface area (Å²) in [7, 11) is 1.47. The standard InChI is InChI=1S/C18H22N2O6/c1-25-13-5-4-11(17(22)20-8-2-3-9-20)10-12(13)19-16(21)14-6-7-15(26-14)18(23)24/h4-5,10,14-15H,2-3,6-9H2,1H3,(H,19,21)(H,23,24)/t14-,15+/m0/s1. The minimum atomic E-state index is -1.07. The number of nitrogens with zero attached hydrogens (tertiary/aromatic N) is 1. The lowest BCUT2D eigenvalue weighted by Crippen LogP contribution is -2.30. The molecule has 0 aromatic heterocycles. The molecule has 0 saturated carbocycles. The molecule has 2 heterocycles. The molecule has 1 aromatic rings. The lowest BCUT2D eigenvalue weighted by molar-refractivity contribution is -0.150. The molecule has 2 amide bonds. The number of carbonyl (C=O) groups is 3. The van der Waals surface area contributed by atoms with Crippen molar-refractivity contribution in [2.75, 3.05) is 25.5 Å². The van der Waals surface area contributed by atoms with E-state index in [0.717, 1.165) is 25.9 Å². The quantitative estimate of drug-likeness (QED) is 0.822. The number of carbonyl (C=O) groups excluding carboxylic acids is 2. The van der Waals surface area contributed by atoms with Gasteiger partial charge in [0, 0.05) is 18.7 Å². The summed E-state index contributed by atoms with van der Waals surface area (Å²) in [5.74, 6) is -1.18. The smallest absolute Gasteiger partial charge is 0.332 e. The molecule has 26 heavy (non-hydrogen) atoms. The summed E-state index contributed by atoms with van der Waals surface area (Å²) in [5, 5.41) is 11.7. The molecule has 2 atom stereocenters. The van der Waals surface area contributed by atoms with E-state index in [9.17, 15) is 14.4 Å². The number of aliphatic carboxylic acids is 1. The summed E-state index contributed by atoms with van der Waals surface area (Å²) in [6.07, 6.45) is 0.814. The Bertz CT molecular complexity index is 714. The van der Waals surface area contributed by atoms with E-state index in [2.05, 4.69) is 5.32 Å². The van der Waals surface area contributed by atoms with Crippen molar-refractivity contribution in [3.8, 4) is 5.75 Å². The topological polar surface area (TPSA) is 105 Å². The van der Waals surface area contributed by atoms with Crippen LogP contribution in [0.15, 0.2) is 18.2 Å². The SMILES string of the molecule is COc1ccc(C(=O)N2CCCC2)cc1NC(=O)[C@@H]1CC[C@H](C(=O)O)O1. The Labute approximate surface area is 151 Å². The molecule has 0 unspecified atom stereocenters. The van der Waals surface area contributed by atoms with Crippen LogP contribution in [0.5, 0.6) is 5.75 Å². The van der Waals surface area contributed by atoms with E-state index in [1.807, 2.05) is 0 Å². The van der Waals surface area contributed by atoms with Gasteiger partial charge in [-0.1, -0.05) is 0 Å². The second-order valence-electron chi connectivity index (χ2n) is 6.43. The molecule has 0 aliphatic carbocycles. The summed E-state index contributed by atoms with van der Waals surface area (Å²) < 4.78 is 10.5. The van der Waals surface area contributed by atoms with Gasteiger partial charge < -0.3 is 24.8 Å². The summed E-state index contributed by atoms with van der Waals surface area (Å²) in [6.45, 7) is 1.47. The fraction of sp³-hybridized carbons (Fsp3) is 0.500. The van der Waals surface area contributed by atoms with Crippen molar-refractivity contribution in [2.45, 2.75) is 37.9 Å². The third-order valence-corrected chi connectivity index (χ3v) is 4.69. The zero-order valence-corrected chi connectivity index (χ0v) is 14.6. The molecule has 8 nitrogen and oxygen atoms in total. The zero-order valence-electron chi connectivity index (χ0n) is 14.6. The second kappa shape index (κ2) is 7.74. The van der Waals surface area contributed by atoms with E-state index in [0.29, 0.717) is 23.4 Å². The molecule has 0 radical (unpaired) electrons. The molecule has 2 N–H and O–H groups in total. The maximum Gasteiger partial charge on any atom is 0.332 e. The van der Waals surface area contributed by atoms with Crippen molar-refractivity contribution >= 4 is 23.5 Å². The number of carboxylic acid groups (broad SMARTS) is 1. The van der Waals surface area contributed by atoms with Crippen LogP contribution in [0.25, 0.3) is 0 Å². The van der Waals surface area contributed by atoms with Gasteiger partial charge >= 0.3 is 5.97 Å². The van der Waals surface area contributed by atoms with Crippen LogP contribution >= 0.6 is 0 Å². The van der Waals surface area contributed by atoms with Gasteiger partial charge in [0.2, 0.25) is 0 Å². The average molecular weight is 362 g/mol. The first-order valence-electron chi connectivity index (χ1n) is 8.66. The van der Waals surface area contributed by atoms with E-state index in [1.165, 1.54) is 7.11 Å². The van der Waals surface area contributed by atoms with Crippen LogP contribution in [0.3, 0.4) is 0 Å². The van der Waals surface area contributed by atoms with Crippen molar-refractivity contribution in [1.82, 2.24) is 4.90 Å². The number of likely N-dealkylation sites (tertiary alicyclic amines) is 1. The van der Waals surface area contributed by atoms with Gasteiger partial charge in [0.25, 0.3) is 11.8 Å². The van der Waals surface area contributed by atoms with Gasteiger partial charge in [-0.2, -0.15) is 0 Å². The summed E-state index contributed by atoms with van der Waals surface area (Å²) >= 11 is 0. The number of nitrogens with one attached hydrogen (secondary N) is 1. The minimum Gasteiger partial charge on any atom is -0.495 e. The number of hydrogen-bond acceptors (Lipinski definition) is 5. The number of ether oxygens (including phenoxy) is 2.